The molecule has 0 unspecified atom stereocenters. The SMILES string of the molecule is COc1cc(F)ccc1NC(=O)Cc1ccccc1O. The van der Waals surface area contributed by atoms with Crippen LogP contribution in [0.4, 0.5) is 10.1 Å². The average Bonchev–Trinajstić information content (AvgIpc) is 2.43. The van der Waals surface area contributed by atoms with Gasteiger partial charge in [-0.15, -0.1) is 0 Å². The van der Waals surface area contributed by atoms with Crippen molar-refractivity contribution >= 4 is 11.6 Å². The number of amides is 1. The third-order valence-electron chi connectivity index (χ3n) is 2.78. The summed E-state index contributed by atoms with van der Waals surface area (Å²) in [5.74, 6) is -0.457. The van der Waals surface area contributed by atoms with Crippen LogP contribution in [0.15, 0.2) is 42.5 Å². The highest BCUT2D eigenvalue weighted by molar-refractivity contribution is 5.94. The molecule has 0 atom stereocenters. The van der Waals surface area contributed by atoms with Gasteiger partial charge in [-0.3, -0.25) is 4.79 Å². The van der Waals surface area contributed by atoms with Gasteiger partial charge in [-0.05, 0) is 18.2 Å². The second kappa shape index (κ2) is 6.06. The van der Waals surface area contributed by atoms with Crippen LogP contribution >= 0.6 is 0 Å². The van der Waals surface area contributed by atoms with E-state index in [1.165, 1.54) is 31.4 Å². The maximum absolute atomic E-state index is 13.0. The number of carbonyl (C=O) groups excluding carboxylic acids is 1. The second-order valence-corrected chi connectivity index (χ2v) is 4.20. The van der Waals surface area contributed by atoms with E-state index in [0.717, 1.165) is 0 Å². The molecule has 4 nitrogen and oxygen atoms in total. The first-order valence-electron chi connectivity index (χ1n) is 6.00. The van der Waals surface area contributed by atoms with E-state index in [-0.39, 0.29) is 23.8 Å². The Morgan fingerprint density at radius 3 is 2.75 bits per heavy atom. The zero-order valence-corrected chi connectivity index (χ0v) is 10.9. The molecular formula is C15H14FNO3. The van der Waals surface area contributed by atoms with E-state index in [2.05, 4.69) is 5.32 Å². The van der Waals surface area contributed by atoms with Gasteiger partial charge in [-0.1, -0.05) is 18.2 Å². The minimum absolute atomic E-state index is 0.0210. The molecule has 0 aromatic heterocycles. The highest BCUT2D eigenvalue weighted by Crippen LogP contribution is 2.25. The molecule has 104 valence electrons. The van der Waals surface area contributed by atoms with Crippen molar-refractivity contribution in [3.05, 3.63) is 53.8 Å². The summed E-state index contributed by atoms with van der Waals surface area (Å²) in [6, 6.07) is 10.4. The summed E-state index contributed by atoms with van der Waals surface area (Å²) in [5, 5.41) is 12.2. The Bertz CT molecular complexity index is 628. The number of phenolic OH excluding ortho intramolecular Hbond substituents is 1. The fourth-order valence-corrected chi connectivity index (χ4v) is 1.80. The number of ether oxygens (including phenoxy) is 1. The average molecular weight is 275 g/mol. The first-order chi connectivity index (χ1) is 9.60. The van der Waals surface area contributed by atoms with Gasteiger partial charge in [0.15, 0.2) is 0 Å². The van der Waals surface area contributed by atoms with Gasteiger partial charge in [0.2, 0.25) is 5.91 Å². The molecule has 0 heterocycles. The lowest BCUT2D eigenvalue weighted by molar-refractivity contribution is -0.115. The lowest BCUT2D eigenvalue weighted by Gasteiger charge is -2.10. The molecule has 2 rings (SSSR count). The van der Waals surface area contributed by atoms with E-state index in [9.17, 15) is 14.3 Å². The van der Waals surface area contributed by atoms with Gasteiger partial charge >= 0.3 is 0 Å². The molecular weight excluding hydrogens is 261 g/mol. The predicted octanol–water partition coefficient (Wildman–Crippen LogP) is 2.72. The van der Waals surface area contributed by atoms with Gasteiger partial charge in [0, 0.05) is 11.6 Å². The van der Waals surface area contributed by atoms with Crippen LogP contribution in [0.3, 0.4) is 0 Å². The van der Waals surface area contributed by atoms with Crippen molar-refractivity contribution in [2.75, 3.05) is 12.4 Å². The number of rotatable bonds is 4. The third-order valence-corrected chi connectivity index (χ3v) is 2.78. The first-order valence-corrected chi connectivity index (χ1v) is 6.00. The molecule has 0 bridgehead atoms. The van der Waals surface area contributed by atoms with Crippen LogP contribution in [0.1, 0.15) is 5.56 Å². The molecule has 2 N–H and O–H groups in total. The van der Waals surface area contributed by atoms with Crippen LogP contribution in [-0.4, -0.2) is 18.1 Å². The highest BCUT2D eigenvalue weighted by atomic mass is 19.1. The fraction of sp³-hybridized carbons (Fsp3) is 0.133. The van der Waals surface area contributed by atoms with Gasteiger partial charge < -0.3 is 15.2 Å². The monoisotopic (exact) mass is 275 g/mol. The minimum Gasteiger partial charge on any atom is -0.508 e. The quantitative estimate of drug-likeness (QED) is 0.902. The first kappa shape index (κ1) is 13.9. The molecule has 0 aliphatic carbocycles. The number of hydrogen-bond donors (Lipinski definition) is 2. The Kier molecular flexibility index (Phi) is 4.20. The van der Waals surface area contributed by atoms with Crippen LogP contribution in [0.2, 0.25) is 0 Å². The smallest absolute Gasteiger partial charge is 0.229 e. The Balaban J connectivity index is 2.11. The van der Waals surface area contributed by atoms with Crippen molar-refractivity contribution in [1.82, 2.24) is 0 Å². The number of nitrogens with one attached hydrogen (secondary N) is 1. The summed E-state index contributed by atoms with van der Waals surface area (Å²) < 4.78 is 18.0. The topological polar surface area (TPSA) is 58.6 Å². The standard InChI is InChI=1S/C15H14FNO3/c1-20-14-9-11(16)6-7-12(14)17-15(19)8-10-4-2-3-5-13(10)18/h2-7,9,18H,8H2,1H3,(H,17,19). The molecule has 0 aliphatic rings. The lowest BCUT2D eigenvalue weighted by Crippen LogP contribution is -2.15. The summed E-state index contributed by atoms with van der Waals surface area (Å²) >= 11 is 0. The second-order valence-electron chi connectivity index (χ2n) is 4.20. The maximum atomic E-state index is 13.0. The van der Waals surface area contributed by atoms with E-state index in [1.807, 2.05) is 0 Å². The van der Waals surface area contributed by atoms with Crippen LogP contribution in [0.25, 0.3) is 0 Å². The lowest BCUT2D eigenvalue weighted by atomic mass is 10.1. The molecule has 5 heteroatoms. The molecule has 0 fully saturated rings. The Morgan fingerprint density at radius 2 is 2.05 bits per heavy atom. The molecule has 1 amide bonds. The fourth-order valence-electron chi connectivity index (χ4n) is 1.80. The van der Waals surface area contributed by atoms with Gasteiger partial charge in [-0.2, -0.15) is 0 Å². The van der Waals surface area contributed by atoms with Crippen molar-refractivity contribution in [3.63, 3.8) is 0 Å². The van der Waals surface area contributed by atoms with E-state index in [4.69, 9.17) is 4.74 Å². The zero-order chi connectivity index (χ0) is 14.5. The number of hydrogen-bond acceptors (Lipinski definition) is 3. The highest BCUT2D eigenvalue weighted by Gasteiger charge is 2.11. The Hall–Kier alpha value is -2.56. The van der Waals surface area contributed by atoms with Crippen molar-refractivity contribution in [1.29, 1.82) is 0 Å². The molecule has 0 saturated carbocycles. The van der Waals surface area contributed by atoms with Gasteiger partial charge in [0.25, 0.3) is 0 Å². The van der Waals surface area contributed by atoms with E-state index in [0.29, 0.717) is 11.3 Å². The number of anilines is 1. The summed E-state index contributed by atoms with van der Waals surface area (Å²) in [4.78, 5) is 11.9. The number of benzene rings is 2. The molecule has 0 saturated heterocycles. The summed E-state index contributed by atoms with van der Waals surface area (Å²) in [6.45, 7) is 0. The third kappa shape index (κ3) is 3.26. The van der Waals surface area contributed by atoms with Crippen molar-refractivity contribution in [3.8, 4) is 11.5 Å². The zero-order valence-electron chi connectivity index (χ0n) is 10.9. The van der Waals surface area contributed by atoms with Crippen molar-refractivity contribution in [2.24, 2.45) is 0 Å². The Labute approximate surface area is 115 Å². The molecule has 2 aromatic rings. The van der Waals surface area contributed by atoms with Crippen LogP contribution in [-0.2, 0) is 11.2 Å². The van der Waals surface area contributed by atoms with E-state index in [1.54, 1.807) is 18.2 Å². The van der Waals surface area contributed by atoms with E-state index >= 15 is 0 Å². The number of para-hydroxylation sites is 1. The van der Waals surface area contributed by atoms with Crippen LogP contribution in [0.5, 0.6) is 11.5 Å². The van der Waals surface area contributed by atoms with Crippen molar-refractivity contribution < 1.29 is 19.0 Å². The van der Waals surface area contributed by atoms with E-state index < -0.39 is 5.82 Å². The number of halogens is 1. The summed E-state index contributed by atoms with van der Waals surface area (Å²) in [7, 11) is 1.40. The largest absolute Gasteiger partial charge is 0.508 e. The summed E-state index contributed by atoms with van der Waals surface area (Å²) in [6.07, 6.45) is 0.0210. The number of phenols is 1. The molecule has 0 aliphatic heterocycles. The number of aromatic hydroxyl groups is 1. The molecule has 2 aromatic carbocycles. The van der Waals surface area contributed by atoms with Gasteiger partial charge in [0.05, 0.1) is 19.2 Å². The predicted molar refractivity (Wildman–Crippen MR) is 73.4 cm³/mol. The van der Waals surface area contributed by atoms with Gasteiger partial charge in [0.1, 0.15) is 17.3 Å². The molecule has 0 spiro atoms. The summed E-state index contributed by atoms with van der Waals surface area (Å²) in [5.41, 5.74) is 0.903. The molecule has 20 heavy (non-hydrogen) atoms. The maximum Gasteiger partial charge on any atom is 0.229 e. The van der Waals surface area contributed by atoms with Gasteiger partial charge in [-0.25, -0.2) is 4.39 Å². The minimum atomic E-state index is -0.444. The van der Waals surface area contributed by atoms with Crippen molar-refractivity contribution in [2.45, 2.75) is 6.42 Å². The van der Waals surface area contributed by atoms with Crippen LogP contribution < -0.4 is 10.1 Å². The number of carbonyl (C=O) groups is 1. The normalized spacial score (nSPS) is 10.1. The Morgan fingerprint density at radius 1 is 1.30 bits per heavy atom. The number of methoxy groups -OCH3 is 1. The molecule has 0 radical (unpaired) electrons. The van der Waals surface area contributed by atoms with Crippen LogP contribution in [0, 0.1) is 5.82 Å².